The molecule has 0 unspecified atom stereocenters. The fourth-order valence-corrected chi connectivity index (χ4v) is 3.53. The van der Waals surface area contributed by atoms with Crippen LogP contribution in [-0.2, 0) is 0 Å². The van der Waals surface area contributed by atoms with E-state index in [-0.39, 0.29) is 18.3 Å². The van der Waals surface area contributed by atoms with Crippen molar-refractivity contribution in [3.8, 4) is 16.2 Å². The van der Waals surface area contributed by atoms with Gasteiger partial charge in [0.15, 0.2) is 0 Å². The summed E-state index contributed by atoms with van der Waals surface area (Å²) in [4.78, 5) is 16.3. The second-order valence-corrected chi connectivity index (χ2v) is 5.97. The summed E-state index contributed by atoms with van der Waals surface area (Å²) in [6.45, 7) is 3.21. The second-order valence-electron chi connectivity index (χ2n) is 4.92. The molecule has 1 saturated heterocycles. The van der Waals surface area contributed by atoms with Gasteiger partial charge < -0.3 is 15.0 Å². The molecule has 4 nitrogen and oxygen atoms in total. The minimum absolute atomic E-state index is 0. The lowest BCUT2D eigenvalue weighted by molar-refractivity contribution is 0.0737. The van der Waals surface area contributed by atoms with Gasteiger partial charge >= 0.3 is 0 Å². The van der Waals surface area contributed by atoms with Crippen molar-refractivity contribution in [3.63, 3.8) is 0 Å². The molecule has 1 amide bonds. The fourth-order valence-electron chi connectivity index (χ4n) is 2.43. The summed E-state index contributed by atoms with van der Waals surface area (Å²) < 4.78 is 5.41. The number of hydrogen-bond acceptors (Lipinski definition) is 4. The summed E-state index contributed by atoms with van der Waals surface area (Å²) in [6, 6.07) is 12.0. The number of benzene rings is 1. The van der Waals surface area contributed by atoms with E-state index in [0.717, 1.165) is 36.6 Å². The minimum Gasteiger partial charge on any atom is -0.495 e. The molecule has 1 N–H and O–H groups in total. The molecule has 0 radical (unpaired) electrons. The van der Waals surface area contributed by atoms with E-state index in [9.17, 15) is 4.79 Å². The van der Waals surface area contributed by atoms with E-state index in [4.69, 9.17) is 4.74 Å². The third-order valence-corrected chi connectivity index (χ3v) is 4.73. The molecule has 2 heterocycles. The summed E-state index contributed by atoms with van der Waals surface area (Å²) in [5, 5.41) is 3.26. The maximum absolute atomic E-state index is 12.7. The first kappa shape index (κ1) is 16.8. The molecular weight excluding hydrogens is 320 g/mol. The highest BCUT2D eigenvalue weighted by atomic mass is 35.5. The number of halogens is 1. The first-order chi connectivity index (χ1) is 10.3. The first-order valence-electron chi connectivity index (χ1n) is 7.03. The Kier molecular flexibility index (Phi) is 5.83. The van der Waals surface area contributed by atoms with Crippen molar-refractivity contribution >= 4 is 29.7 Å². The average molecular weight is 339 g/mol. The molecule has 3 rings (SSSR count). The lowest BCUT2D eigenvalue weighted by atomic mass is 10.2. The predicted molar refractivity (Wildman–Crippen MR) is 92.3 cm³/mol. The zero-order chi connectivity index (χ0) is 14.7. The van der Waals surface area contributed by atoms with Crippen LogP contribution in [0.2, 0.25) is 0 Å². The highest BCUT2D eigenvalue weighted by Crippen LogP contribution is 2.36. The highest BCUT2D eigenvalue weighted by molar-refractivity contribution is 7.17. The van der Waals surface area contributed by atoms with E-state index >= 15 is 0 Å². The Morgan fingerprint density at radius 2 is 1.91 bits per heavy atom. The van der Waals surface area contributed by atoms with Gasteiger partial charge in [0.05, 0.1) is 7.11 Å². The first-order valence-corrected chi connectivity index (χ1v) is 7.84. The number of carbonyl (C=O) groups excluding carboxylic acids is 1. The van der Waals surface area contributed by atoms with Crippen LogP contribution in [0.1, 0.15) is 9.67 Å². The van der Waals surface area contributed by atoms with Crippen molar-refractivity contribution < 1.29 is 9.53 Å². The molecule has 2 aromatic rings. The van der Waals surface area contributed by atoms with Crippen LogP contribution >= 0.6 is 23.7 Å². The maximum atomic E-state index is 12.7. The molecule has 1 fully saturated rings. The molecule has 0 atom stereocenters. The third kappa shape index (κ3) is 3.43. The van der Waals surface area contributed by atoms with E-state index in [0.29, 0.717) is 10.6 Å². The Morgan fingerprint density at radius 3 is 2.55 bits per heavy atom. The van der Waals surface area contributed by atoms with E-state index in [2.05, 4.69) is 5.32 Å². The van der Waals surface area contributed by atoms with Crippen LogP contribution in [0, 0.1) is 0 Å². The molecule has 1 aromatic carbocycles. The van der Waals surface area contributed by atoms with Crippen LogP contribution in [0.15, 0.2) is 36.4 Å². The number of nitrogens with zero attached hydrogens (tertiary/aromatic N) is 1. The quantitative estimate of drug-likeness (QED) is 0.935. The van der Waals surface area contributed by atoms with Gasteiger partial charge in [-0.1, -0.05) is 30.3 Å². The summed E-state index contributed by atoms with van der Waals surface area (Å²) in [7, 11) is 1.62. The van der Waals surface area contributed by atoms with Crippen LogP contribution < -0.4 is 10.1 Å². The van der Waals surface area contributed by atoms with E-state index in [1.807, 2.05) is 41.3 Å². The van der Waals surface area contributed by atoms with Crippen molar-refractivity contribution in [2.24, 2.45) is 0 Å². The smallest absolute Gasteiger partial charge is 0.267 e. The number of carbonyl (C=O) groups is 1. The van der Waals surface area contributed by atoms with Gasteiger partial charge in [-0.05, 0) is 11.6 Å². The molecule has 6 heteroatoms. The van der Waals surface area contributed by atoms with Gasteiger partial charge in [0, 0.05) is 31.1 Å². The molecule has 1 aliphatic heterocycles. The molecule has 0 spiro atoms. The molecule has 1 aliphatic rings. The molecule has 0 saturated carbocycles. The maximum Gasteiger partial charge on any atom is 0.267 e. The number of nitrogens with one attached hydrogen (secondary N) is 1. The number of rotatable bonds is 3. The normalized spacial score (nSPS) is 14.3. The molecule has 1 aromatic heterocycles. The molecule has 0 aliphatic carbocycles. The number of hydrogen-bond donors (Lipinski definition) is 1. The van der Waals surface area contributed by atoms with Crippen molar-refractivity contribution in [3.05, 3.63) is 41.3 Å². The minimum atomic E-state index is 0. The number of methoxy groups -OCH3 is 1. The van der Waals surface area contributed by atoms with Gasteiger partial charge in [-0.3, -0.25) is 4.79 Å². The standard InChI is InChI=1S/C16H18N2O2S.ClH/c1-20-13-11-14(12-5-3-2-4-6-12)21-15(13)16(19)18-9-7-17-8-10-18;/h2-6,11,17H,7-10H2,1H3;1H. The fraction of sp³-hybridized carbons (Fsp3) is 0.312. The Balaban J connectivity index is 0.00000176. The Labute approximate surface area is 140 Å². The number of amides is 1. The lowest BCUT2D eigenvalue weighted by Crippen LogP contribution is -2.46. The van der Waals surface area contributed by atoms with Crippen LogP contribution in [0.4, 0.5) is 0 Å². The van der Waals surface area contributed by atoms with Crippen molar-refractivity contribution in [2.45, 2.75) is 0 Å². The van der Waals surface area contributed by atoms with Crippen molar-refractivity contribution in [1.82, 2.24) is 10.2 Å². The van der Waals surface area contributed by atoms with Gasteiger partial charge in [0.25, 0.3) is 5.91 Å². The molecule has 118 valence electrons. The monoisotopic (exact) mass is 338 g/mol. The van der Waals surface area contributed by atoms with Gasteiger partial charge in [-0.2, -0.15) is 0 Å². The number of ether oxygens (including phenoxy) is 1. The topological polar surface area (TPSA) is 41.6 Å². The summed E-state index contributed by atoms with van der Waals surface area (Å²) in [5.41, 5.74) is 1.11. The van der Waals surface area contributed by atoms with Crippen LogP contribution in [0.5, 0.6) is 5.75 Å². The van der Waals surface area contributed by atoms with Gasteiger partial charge in [0.1, 0.15) is 10.6 Å². The van der Waals surface area contributed by atoms with Crippen molar-refractivity contribution in [2.75, 3.05) is 33.3 Å². The van der Waals surface area contributed by atoms with Gasteiger partial charge in [0.2, 0.25) is 0 Å². The number of piperazine rings is 1. The summed E-state index contributed by atoms with van der Waals surface area (Å²) >= 11 is 1.50. The largest absolute Gasteiger partial charge is 0.495 e. The highest BCUT2D eigenvalue weighted by Gasteiger charge is 2.24. The zero-order valence-corrected chi connectivity index (χ0v) is 14.0. The molecule has 22 heavy (non-hydrogen) atoms. The SMILES string of the molecule is COc1cc(-c2ccccc2)sc1C(=O)N1CCNCC1.Cl. The average Bonchev–Trinajstić information content (AvgIpc) is 3.00. The third-order valence-electron chi connectivity index (χ3n) is 3.57. The molecule has 0 bridgehead atoms. The molecular formula is C16H19ClN2O2S. The van der Waals surface area contributed by atoms with E-state index < -0.39 is 0 Å². The second kappa shape index (κ2) is 7.63. The predicted octanol–water partition coefficient (Wildman–Crippen LogP) is 2.89. The summed E-state index contributed by atoms with van der Waals surface area (Å²) in [5.74, 6) is 0.739. The van der Waals surface area contributed by atoms with Crippen molar-refractivity contribution in [1.29, 1.82) is 0 Å². The van der Waals surface area contributed by atoms with Gasteiger partial charge in [-0.25, -0.2) is 0 Å². The summed E-state index contributed by atoms with van der Waals surface area (Å²) in [6.07, 6.45) is 0. The Hall–Kier alpha value is -1.56. The van der Waals surface area contributed by atoms with Gasteiger partial charge in [-0.15, -0.1) is 23.7 Å². The van der Waals surface area contributed by atoms with Crippen LogP contribution in [-0.4, -0.2) is 44.1 Å². The van der Waals surface area contributed by atoms with E-state index in [1.165, 1.54) is 11.3 Å². The van der Waals surface area contributed by atoms with Crippen LogP contribution in [0.3, 0.4) is 0 Å². The Morgan fingerprint density at radius 1 is 1.23 bits per heavy atom. The zero-order valence-electron chi connectivity index (χ0n) is 12.4. The van der Waals surface area contributed by atoms with E-state index in [1.54, 1.807) is 7.11 Å². The number of thiophene rings is 1. The Bertz CT molecular complexity index is 624. The van der Waals surface area contributed by atoms with Crippen LogP contribution in [0.25, 0.3) is 10.4 Å². The lowest BCUT2D eigenvalue weighted by Gasteiger charge is -2.27.